The summed E-state index contributed by atoms with van der Waals surface area (Å²) in [4.78, 5) is 0. The first-order chi connectivity index (χ1) is 12.5. The number of benzene rings is 2. The average Bonchev–Trinajstić information content (AvgIpc) is 2.63. The predicted octanol–water partition coefficient (Wildman–Crippen LogP) is 4.40. The van der Waals surface area contributed by atoms with Crippen molar-refractivity contribution in [2.75, 3.05) is 13.7 Å². The molecule has 0 saturated heterocycles. The summed E-state index contributed by atoms with van der Waals surface area (Å²) < 4.78 is 11.2. The van der Waals surface area contributed by atoms with Gasteiger partial charge < -0.3 is 14.8 Å². The van der Waals surface area contributed by atoms with Gasteiger partial charge in [0.25, 0.3) is 0 Å². The van der Waals surface area contributed by atoms with Crippen molar-refractivity contribution in [3.63, 3.8) is 0 Å². The zero-order chi connectivity index (χ0) is 18.9. The Morgan fingerprint density at radius 2 is 1.96 bits per heavy atom. The van der Waals surface area contributed by atoms with Crippen LogP contribution in [-0.2, 0) is 6.61 Å². The second-order valence-electron chi connectivity index (χ2n) is 5.18. The second-order valence-corrected chi connectivity index (χ2v) is 6.40. The highest BCUT2D eigenvalue weighted by Crippen LogP contribution is 2.29. The van der Waals surface area contributed by atoms with Gasteiger partial charge in [-0.25, -0.2) is 0 Å². The van der Waals surface area contributed by atoms with Crippen molar-refractivity contribution in [1.82, 2.24) is 10.7 Å². The molecule has 8 heteroatoms. The Labute approximate surface area is 168 Å². The normalized spacial score (nSPS) is 10.6. The number of nitrogens with one attached hydrogen (secondary N) is 2. The Hall–Kier alpha value is -2.02. The van der Waals surface area contributed by atoms with Crippen LogP contribution in [0.25, 0.3) is 0 Å². The number of halogens is 2. The molecule has 2 aromatic rings. The van der Waals surface area contributed by atoms with E-state index in [4.69, 9.17) is 44.9 Å². The number of ether oxygens (including phenoxy) is 2. The van der Waals surface area contributed by atoms with Crippen LogP contribution < -0.4 is 20.2 Å². The fraction of sp³-hybridized carbons (Fsp3) is 0.222. The summed E-state index contributed by atoms with van der Waals surface area (Å²) in [5, 5.41) is 8.50. The minimum absolute atomic E-state index is 0.346. The molecule has 0 saturated carbocycles. The lowest BCUT2D eigenvalue weighted by atomic mass is 10.2. The lowest BCUT2D eigenvalue weighted by molar-refractivity contribution is 0.284. The molecule has 0 spiro atoms. The van der Waals surface area contributed by atoms with E-state index in [1.165, 1.54) is 0 Å². The molecule has 26 heavy (non-hydrogen) atoms. The molecule has 2 aromatic carbocycles. The van der Waals surface area contributed by atoms with Crippen molar-refractivity contribution in [3.8, 4) is 11.5 Å². The van der Waals surface area contributed by atoms with Crippen LogP contribution in [-0.4, -0.2) is 25.0 Å². The summed E-state index contributed by atoms with van der Waals surface area (Å²) in [6.45, 7) is 3.04. The molecule has 0 aliphatic rings. The van der Waals surface area contributed by atoms with E-state index in [0.29, 0.717) is 33.3 Å². The largest absolute Gasteiger partial charge is 0.493 e. The van der Waals surface area contributed by atoms with Crippen molar-refractivity contribution >= 4 is 46.7 Å². The van der Waals surface area contributed by atoms with Gasteiger partial charge in [-0.1, -0.05) is 29.3 Å². The average molecular weight is 412 g/mol. The molecule has 0 aliphatic heterocycles. The number of methoxy groups -OCH3 is 1. The quantitative estimate of drug-likeness (QED) is 0.401. The van der Waals surface area contributed by atoms with Gasteiger partial charge in [-0.3, -0.25) is 5.43 Å². The van der Waals surface area contributed by atoms with Crippen LogP contribution in [0.1, 0.15) is 18.1 Å². The highest BCUT2D eigenvalue weighted by atomic mass is 35.5. The maximum absolute atomic E-state index is 6.02. The molecule has 0 fully saturated rings. The van der Waals surface area contributed by atoms with Gasteiger partial charge in [-0.15, -0.1) is 0 Å². The third-order valence-corrected chi connectivity index (χ3v) is 4.26. The third-order valence-electron chi connectivity index (χ3n) is 3.28. The summed E-state index contributed by atoms with van der Waals surface area (Å²) in [5.74, 6) is 1.22. The fourth-order valence-corrected chi connectivity index (χ4v) is 2.56. The number of hydrogen-bond donors (Lipinski definition) is 2. The first-order valence-corrected chi connectivity index (χ1v) is 9.01. The Morgan fingerprint density at radius 3 is 2.65 bits per heavy atom. The van der Waals surface area contributed by atoms with Crippen molar-refractivity contribution in [2.45, 2.75) is 13.5 Å². The standard InChI is InChI=1S/C18H19Cl2N3O2S/c1-3-21-18(26)23-22-10-12-5-7-16(17(9-12)24-2)25-11-13-4-6-14(19)15(20)8-13/h4-10H,3,11H2,1-2H3,(H2,21,23,26). The van der Waals surface area contributed by atoms with E-state index in [1.54, 1.807) is 25.5 Å². The molecule has 0 aliphatic carbocycles. The number of thiocarbonyl (C=S) groups is 1. The lowest BCUT2D eigenvalue weighted by Gasteiger charge is -2.12. The van der Waals surface area contributed by atoms with Crippen LogP contribution in [0.4, 0.5) is 0 Å². The summed E-state index contributed by atoms with van der Waals surface area (Å²) in [6, 6.07) is 10.9. The van der Waals surface area contributed by atoms with Crippen LogP contribution in [0.2, 0.25) is 10.0 Å². The van der Waals surface area contributed by atoms with Crippen LogP contribution in [0, 0.1) is 0 Å². The van der Waals surface area contributed by atoms with E-state index in [-0.39, 0.29) is 0 Å². The van der Waals surface area contributed by atoms with Crippen molar-refractivity contribution in [2.24, 2.45) is 5.10 Å². The molecular formula is C18H19Cl2N3O2S. The Balaban J connectivity index is 2.02. The van der Waals surface area contributed by atoms with E-state index in [1.807, 2.05) is 31.2 Å². The van der Waals surface area contributed by atoms with Gasteiger partial charge in [-0.05, 0) is 60.6 Å². The van der Waals surface area contributed by atoms with E-state index >= 15 is 0 Å². The second kappa shape index (κ2) is 10.2. The van der Waals surface area contributed by atoms with E-state index in [0.717, 1.165) is 17.7 Å². The van der Waals surface area contributed by atoms with E-state index in [9.17, 15) is 0 Å². The van der Waals surface area contributed by atoms with Crippen LogP contribution in [0.3, 0.4) is 0 Å². The lowest BCUT2D eigenvalue weighted by Crippen LogP contribution is -2.31. The van der Waals surface area contributed by atoms with Gasteiger partial charge >= 0.3 is 0 Å². The molecule has 0 amide bonds. The predicted molar refractivity (Wildman–Crippen MR) is 111 cm³/mol. The number of rotatable bonds is 7. The van der Waals surface area contributed by atoms with Crippen molar-refractivity contribution < 1.29 is 9.47 Å². The minimum atomic E-state index is 0.346. The Bertz CT molecular complexity index is 800. The smallest absolute Gasteiger partial charge is 0.186 e. The molecule has 0 atom stereocenters. The number of nitrogens with zero attached hydrogens (tertiary/aromatic N) is 1. The maximum atomic E-state index is 6.02. The van der Waals surface area contributed by atoms with Gasteiger partial charge in [0, 0.05) is 6.54 Å². The maximum Gasteiger partial charge on any atom is 0.186 e. The summed E-state index contributed by atoms with van der Waals surface area (Å²) in [7, 11) is 1.58. The van der Waals surface area contributed by atoms with Crippen LogP contribution in [0.5, 0.6) is 11.5 Å². The Morgan fingerprint density at radius 1 is 1.15 bits per heavy atom. The number of hydrazone groups is 1. The molecule has 0 bridgehead atoms. The highest BCUT2D eigenvalue weighted by Gasteiger charge is 2.07. The van der Waals surface area contributed by atoms with Crippen LogP contribution >= 0.6 is 35.4 Å². The zero-order valence-electron chi connectivity index (χ0n) is 14.4. The number of hydrogen-bond acceptors (Lipinski definition) is 4. The molecule has 5 nitrogen and oxygen atoms in total. The molecule has 0 aromatic heterocycles. The van der Waals surface area contributed by atoms with Crippen molar-refractivity contribution in [3.05, 3.63) is 57.6 Å². The first kappa shape index (κ1) is 20.3. The SMILES string of the molecule is CCNC(=S)NN=Cc1ccc(OCc2ccc(Cl)c(Cl)c2)c(OC)c1. The third kappa shape index (κ3) is 6.05. The molecule has 0 unspecified atom stereocenters. The zero-order valence-corrected chi connectivity index (χ0v) is 16.7. The summed E-state index contributed by atoms with van der Waals surface area (Å²) in [6.07, 6.45) is 1.65. The van der Waals surface area contributed by atoms with Gasteiger partial charge in [0.05, 0.1) is 23.4 Å². The van der Waals surface area contributed by atoms with Gasteiger partial charge in [0.2, 0.25) is 0 Å². The van der Waals surface area contributed by atoms with Crippen LogP contribution in [0.15, 0.2) is 41.5 Å². The Kier molecular flexibility index (Phi) is 7.97. The van der Waals surface area contributed by atoms with Gasteiger partial charge in [0.15, 0.2) is 16.6 Å². The molecule has 138 valence electrons. The monoisotopic (exact) mass is 411 g/mol. The molecule has 2 N–H and O–H groups in total. The molecule has 0 heterocycles. The topological polar surface area (TPSA) is 54.9 Å². The van der Waals surface area contributed by atoms with Crippen molar-refractivity contribution in [1.29, 1.82) is 0 Å². The van der Waals surface area contributed by atoms with Gasteiger partial charge in [-0.2, -0.15) is 5.10 Å². The fourth-order valence-electron chi connectivity index (χ4n) is 2.04. The summed E-state index contributed by atoms with van der Waals surface area (Å²) in [5.41, 5.74) is 4.49. The van der Waals surface area contributed by atoms with E-state index in [2.05, 4.69) is 15.8 Å². The van der Waals surface area contributed by atoms with E-state index < -0.39 is 0 Å². The first-order valence-electron chi connectivity index (χ1n) is 7.85. The minimum Gasteiger partial charge on any atom is -0.493 e. The molecular weight excluding hydrogens is 393 g/mol. The van der Waals surface area contributed by atoms with Gasteiger partial charge in [0.1, 0.15) is 6.61 Å². The highest BCUT2D eigenvalue weighted by molar-refractivity contribution is 7.80. The summed E-state index contributed by atoms with van der Waals surface area (Å²) >= 11 is 17.0. The molecule has 0 radical (unpaired) electrons. The molecule has 2 rings (SSSR count).